The Morgan fingerprint density at radius 2 is 0.731 bits per heavy atom. The molecule has 2 atom stereocenters. The van der Waals surface area contributed by atoms with Gasteiger partial charge >= 0.3 is 11.9 Å². The van der Waals surface area contributed by atoms with Crippen molar-refractivity contribution in [2.24, 2.45) is 0 Å². The first-order chi connectivity index (χ1) is 38.0. The van der Waals surface area contributed by atoms with Gasteiger partial charge in [0.15, 0.2) is 6.10 Å². The summed E-state index contributed by atoms with van der Waals surface area (Å²) >= 11 is 0. The number of rotatable bonds is 60. The molecule has 0 heterocycles. The molecule has 0 rings (SSSR count). The van der Waals surface area contributed by atoms with Crippen LogP contribution in [0.3, 0.4) is 0 Å². The van der Waals surface area contributed by atoms with Crippen LogP contribution in [0.1, 0.15) is 296 Å². The number of carbonyl (C=O) groups excluding carboxylic acids is 2. The van der Waals surface area contributed by atoms with Crippen LogP contribution in [0, 0.1) is 0 Å². The number of nitrogens with zero attached hydrogens (tertiary/aromatic N) is 1. The van der Waals surface area contributed by atoms with Crippen LogP contribution in [0.4, 0.5) is 0 Å². The summed E-state index contributed by atoms with van der Waals surface area (Å²) in [6.45, 7) is 4.16. The highest BCUT2D eigenvalue weighted by atomic mass is 31.2. The number of likely N-dealkylation sites (N-methyl/N-ethyl adjacent to an activating group) is 1. The highest BCUT2D eigenvalue weighted by Crippen LogP contribution is 2.38. The number of ether oxygens (including phenoxy) is 2. The summed E-state index contributed by atoms with van der Waals surface area (Å²) in [5.74, 6) is -0.828. The third kappa shape index (κ3) is 62.6. The largest absolute Gasteiger partial charge is 0.756 e. The van der Waals surface area contributed by atoms with Crippen molar-refractivity contribution in [3.8, 4) is 0 Å². The Bertz CT molecular complexity index is 1550. The molecule has 78 heavy (non-hydrogen) atoms. The SMILES string of the molecule is CC/C=C\C/C=C\C/C=C\C/C=C\C/C=C\CCCCCCCCCCCCCC(=O)OC(COC(=O)CCCCCCCCCCCCCCCCC/C=C\CCCCCCCCCC)COP(=O)([O-])OCC[N+](C)(C)C. The minimum Gasteiger partial charge on any atom is -0.756 e. The van der Waals surface area contributed by atoms with Gasteiger partial charge in [0.25, 0.3) is 7.82 Å². The summed E-state index contributed by atoms with van der Waals surface area (Å²) in [6.07, 6.45) is 78.2. The third-order valence-corrected chi connectivity index (χ3v) is 15.2. The number of carbonyl (C=O) groups is 2. The molecule has 0 radical (unpaired) electrons. The molecule has 9 nitrogen and oxygen atoms in total. The molecule has 0 aliphatic carbocycles. The Morgan fingerprint density at radius 3 is 1.10 bits per heavy atom. The van der Waals surface area contributed by atoms with Crippen LogP contribution in [-0.2, 0) is 32.7 Å². The zero-order chi connectivity index (χ0) is 57.0. The molecule has 0 N–H and O–H groups in total. The predicted molar refractivity (Wildman–Crippen MR) is 333 cm³/mol. The second-order valence-corrected chi connectivity index (χ2v) is 24.5. The van der Waals surface area contributed by atoms with E-state index in [0.717, 1.165) is 77.0 Å². The standard InChI is InChI=1S/C68H124NO8P/c1-6-8-10-12-14-16-18-20-22-24-26-28-30-32-34-36-38-40-42-44-46-48-50-52-54-56-58-60-67(70)74-64-66(65-76-78(72,73)75-63-62-69(3,4)5)77-68(71)61-59-57-55-53-51-49-47-45-43-41-39-37-35-33-31-29-27-25-23-21-19-17-15-13-11-9-7-2/h9,11,15,17,21,23-24,26-27,29,33,35,66H,6-8,10,12-14,16,18-20,22,25,28,30-32,34,36-65H2,1-5H3/b11-9-,17-15-,23-21-,26-24-,29-27-,35-33-. The van der Waals surface area contributed by atoms with Gasteiger partial charge in [0, 0.05) is 12.8 Å². The molecule has 0 fully saturated rings. The summed E-state index contributed by atoms with van der Waals surface area (Å²) < 4.78 is 34.3. The average Bonchev–Trinajstić information content (AvgIpc) is 3.41. The minimum absolute atomic E-state index is 0.0327. The summed E-state index contributed by atoms with van der Waals surface area (Å²) in [6, 6.07) is 0. The lowest BCUT2D eigenvalue weighted by Crippen LogP contribution is -2.37. The fourth-order valence-corrected chi connectivity index (χ4v) is 9.94. The Labute approximate surface area is 482 Å². The number of phosphoric ester groups is 1. The van der Waals surface area contributed by atoms with E-state index < -0.39 is 26.5 Å². The maximum Gasteiger partial charge on any atom is 0.306 e. The van der Waals surface area contributed by atoms with Gasteiger partial charge in [-0.3, -0.25) is 14.2 Å². The number of phosphoric acid groups is 1. The van der Waals surface area contributed by atoms with Crippen molar-refractivity contribution in [3.63, 3.8) is 0 Å². The fourth-order valence-electron chi connectivity index (χ4n) is 9.21. The smallest absolute Gasteiger partial charge is 0.306 e. The number of esters is 2. The molecule has 0 saturated carbocycles. The van der Waals surface area contributed by atoms with Gasteiger partial charge in [0.1, 0.15) is 19.8 Å². The van der Waals surface area contributed by atoms with Crippen LogP contribution in [-0.4, -0.2) is 70.0 Å². The van der Waals surface area contributed by atoms with Gasteiger partial charge in [-0.25, -0.2) is 0 Å². The van der Waals surface area contributed by atoms with Crippen LogP contribution in [0.25, 0.3) is 0 Å². The first-order valence-electron chi connectivity index (χ1n) is 32.6. The van der Waals surface area contributed by atoms with E-state index in [1.807, 2.05) is 21.1 Å². The lowest BCUT2D eigenvalue weighted by molar-refractivity contribution is -0.870. The summed E-state index contributed by atoms with van der Waals surface area (Å²) in [5.41, 5.74) is 0. The van der Waals surface area contributed by atoms with Crippen molar-refractivity contribution in [1.82, 2.24) is 0 Å². The van der Waals surface area contributed by atoms with Crippen molar-refractivity contribution < 1.29 is 42.1 Å². The van der Waals surface area contributed by atoms with Crippen LogP contribution in [0.5, 0.6) is 0 Å². The molecule has 0 aromatic rings. The quantitative estimate of drug-likeness (QED) is 0.0195. The lowest BCUT2D eigenvalue weighted by atomic mass is 10.0. The van der Waals surface area contributed by atoms with Gasteiger partial charge in [-0.15, -0.1) is 0 Å². The second-order valence-electron chi connectivity index (χ2n) is 23.1. The van der Waals surface area contributed by atoms with E-state index in [1.165, 1.54) is 186 Å². The van der Waals surface area contributed by atoms with Crippen molar-refractivity contribution >= 4 is 19.8 Å². The van der Waals surface area contributed by atoms with Crippen LogP contribution < -0.4 is 4.89 Å². The summed E-state index contributed by atoms with van der Waals surface area (Å²) in [5, 5.41) is 0. The van der Waals surface area contributed by atoms with Gasteiger partial charge < -0.3 is 27.9 Å². The van der Waals surface area contributed by atoms with Crippen molar-refractivity contribution in [3.05, 3.63) is 72.9 Å². The lowest BCUT2D eigenvalue weighted by Gasteiger charge is -2.28. The zero-order valence-electron chi connectivity index (χ0n) is 51.6. The molecule has 0 spiro atoms. The first-order valence-corrected chi connectivity index (χ1v) is 34.1. The van der Waals surface area contributed by atoms with Crippen LogP contribution in [0.2, 0.25) is 0 Å². The van der Waals surface area contributed by atoms with E-state index in [4.69, 9.17) is 18.5 Å². The monoisotopic (exact) mass is 1110 g/mol. The Balaban J connectivity index is 4.09. The molecular weight excluding hydrogens is 990 g/mol. The molecule has 0 saturated heterocycles. The Hall–Kier alpha value is -2.55. The van der Waals surface area contributed by atoms with Crippen molar-refractivity contribution in [2.75, 3.05) is 47.5 Å². The van der Waals surface area contributed by atoms with Gasteiger partial charge in [-0.05, 0) is 83.5 Å². The average molecular weight is 1110 g/mol. The number of unbranched alkanes of at least 4 members (excludes halogenated alkanes) is 34. The van der Waals surface area contributed by atoms with Crippen LogP contribution >= 0.6 is 7.82 Å². The van der Waals surface area contributed by atoms with E-state index in [0.29, 0.717) is 17.4 Å². The zero-order valence-corrected chi connectivity index (χ0v) is 52.5. The molecule has 10 heteroatoms. The van der Waals surface area contributed by atoms with E-state index in [9.17, 15) is 19.0 Å². The molecule has 2 unspecified atom stereocenters. The topological polar surface area (TPSA) is 111 Å². The van der Waals surface area contributed by atoms with E-state index >= 15 is 0 Å². The fraction of sp³-hybridized carbons (Fsp3) is 0.794. The van der Waals surface area contributed by atoms with Crippen molar-refractivity contribution in [1.29, 1.82) is 0 Å². The van der Waals surface area contributed by atoms with Gasteiger partial charge in [0.2, 0.25) is 0 Å². The summed E-state index contributed by atoms with van der Waals surface area (Å²) in [4.78, 5) is 38.0. The maximum absolute atomic E-state index is 12.8. The van der Waals surface area contributed by atoms with Gasteiger partial charge in [-0.1, -0.05) is 273 Å². The minimum atomic E-state index is -4.64. The maximum atomic E-state index is 12.8. The number of quaternary nitrogens is 1. The Morgan fingerprint density at radius 1 is 0.410 bits per heavy atom. The van der Waals surface area contributed by atoms with E-state index in [-0.39, 0.29) is 32.0 Å². The molecule has 0 aromatic heterocycles. The molecule has 0 aliphatic rings. The van der Waals surface area contributed by atoms with Crippen molar-refractivity contribution in [2.45, 2.75) is 302 Å². The van der Waals surface area contributed by atoms with E-state index in [1.54, 1.807) is 0 Å². The predicted octanol–water partition coefficient (Wildman–Crippen LogP) is 20.2. The number of hydrogen-bond acceptors (Lipinski definition) is 8. The Kier molecular flexibility index (Phi) is 57.2. The van der Waals surface area contributed by atoms with E-state index in [2.05, 4.69) is 86.8 Å². The third-order valence-electron chi connectivity index (χ3n) is 14.2. The highest BCUT2D eigenvalue weighted by Gasteiger charge is 2.22. The van der Waals surface area contributed by atoms with Gasteiger partial charge in [0.05, 0.1) is 27.7 Å². The molecule has 0 amide bonds. The molecule has 454 valence electrons. The number of allylic oxidation sites excluding steroid dienone is 12. The molecule has 0 bridgehead atoms. The number of hydrogen-bond donors (Lipinski definition) is 0. The molecular formula is C68H124NO8P. The second kappa shape index (κ2) is 59.1. The van der Waals surface area contributed by atoms with Gasteiger partial charge in [-0.2, -0.15) is 0 Å². The van der Waals surface area contributed by atoms with Crippen LogP contribution in [0.15, 0.2) is 72.9 Å². The molecule has 0 aromatic carbocycles. The molecule has 0 aliphatic heterocycles. The highest BCUT2D eigenvalue weighted by molar-refractivity contribution is 7.45. The summed E-state index contributed by atoms with van der Waals surface area (Å²) in [7, 11) is 1.17. The normalized spacial score (nSPS) is 13.7. The first kappa shape index (κ1) is 75.5.